The van der Waals surface area contributed by atoms with Crippen molar-refractivity contribution in [1.29, 1.82) is 5.41 Å². The molecular formula is C21H26N3O4-. The summed E-state index contributed by atoms with van der Waals surface area (Å²) in [7, 11) is 0. The van der Waals surface area contributed by atoms with Gasteiger partial charge in [-0.05, 0) is 42.3 Å². The number of morpholine rings is 1. The molecule has 7 heteroatoms. The third-order valence-corrected chi connectivity index (χ3v) is 4.10. The Morgan fingerprint density at radius 3 is 2.18 bits per heavy atom. The number of nitrogens with zero attached hydrogens (tertiary/aromatic N) is 1. The van der Waals surface area contributed by atoms with Crippen LogP contribution in [0.5, 0.6) is 5.75 Å². The molecule has 3 rings (SSSR count). The summed E-state index contributed by atoms with van der Waals surface area (Å²) in [4.78, 5) is 11.3. The van der Waals surface area contributed by atoms with Crippen molar-refractivity contribution < 1.29 is 19.4 Å². The molecule has 0 aliphatic carbocycles. The monoisotopic (exact) mass is 384 g/mol. The molecule has 2 aromatic rings. The third-order valence-electron chi connectivity index (χ3n) is 4.10. The molecule has 1 aliphatic heterocycles. The first kappa shape index (κ1) is 21.4. The number of hydrogen-bond donors (Lipinski definition) is 2. The van der Waals surface area contributed by atoms with E-state index < -0.39 is 5.97 Å². The molecule has 0 amide bonds. The number of benzene rings is 2. The highest BCUT2D eigenvalue weighted by atomic mass is 16.5. The Balaban J connectivity index is 0.000000640. The van der Waals surface area contributed by atoms with Crippen molar-refractivity contribution >= 4 is 11.8 Å². The van der Waals surface area contributed by atoms with Crippen molar-refractivity contribution in [2.45, 2.75) is 20.1 Å². The van der Waals surface area contributed by atoms with Gasteiger partial charge in [0, 0.05) is 31.2 Å². The first-order valence-electron chi connectivity index (χ1n) is 9.07. The molecule has 0 spiro atoms. The lowest BCUT2D eigenvalue weighted by Gasteiger charge is -2.26. The van der Waals surface area contributed by atoms with Crippen molar-refractivity contribution in [2.75, 3.05) is 26.3 Å². The van der Waals surface area contributed by atoms with E-state index in [1.165, 1.54) is 5.56 Å². The number of rotatable bonds is 6. The number of ether oxygens (including phenoxy) is 2. The normalized spacial score (nSPS) is 13.9. The minimum atomic E-state index is -1.08. The Hall–Kier alpha value is -2.90. The summed E-state index contributed by atoms with van der Waals surface area (Å²) in [5.41, 5.74) is 8.59. The van der Waals surface area contributed by atoms with Gasteiger partial charge in [-0.2, -0.15) is 0 Å². The minimum absolute atomic E-state index is 0.0670. The summed E-state index contributed by atoms with van der Waals surface area (Å²) >= 11 is 0. The molecule has 28 heavy (non-hydrogen) atoms. The maximum Gasteiger partial charge on any atom is 0.122 e. The lowest BCUT2D eigenvalue weighted by atomic mass is 10.1. The second-order valence-corrected chi connectivity index (χ2v) is 6.42. The fraction of sp³-hybridized carbons (Fsp3) is 0.333. The topological polar surface area (TPSA) is 112 Å². The van der Waals surface area contributed by atoms with Gasteiger partial charge in [0.25, 0.3) is 0 Å². The predicted octanol–water partition coefficient (Wildman–Crippen LogP) is 1.14. The molecule has 2 aromatic carbocycles. The number of nitrogens with two attached hydrogens (primary N) is 1. The number of hydrogen-bond acceptors (Lipinski definition) is 6. The Labute approximate surface area is 165 Å². The number of nitrogens with one attached hydrogen (secondary N) is 1. The van der Waals surface area contributed by atoms with Gasteiger partial charge in [-0.25, -0.2) is 0 Å². The molecule has 0 bridgehead atoms. The number of carboxylic acid groups (broad SMARTS) is 1. The van der Waals surface area contributed by atoms with Crippen molar-refractivity contribution in [1.82, 2.24) is 4.90 Å². The standard InChI is InChI=1S/C19H23N3O2.C2H4O2/c20-19(21)17-5-7-18(8-6-17)24-14-16-3-1-15(2-4-16)13-22-9-11-23-12-10-22;1-2(3)4/h1-8H,9-14H2,(H3,20,21);1H3,(H,3,4)/p-1. The van der Waals surface area contributed by atoms with Gasteiger partial charge in [0.05, 0.1) is 13.2 Å². The van der Waals surface area contributed by atoms with Gasteiger partial charge in [0.1, 0.15) is 18.2 Å². The second-order valence-electron chi connectivity index (χ2n) is 6.42. The Morgan fingerprint density at radius 1 is 1.11 bits per heavy atom. The van der Waals surface area contributed by atoms with Crippen LogP contribution in [0.3, 0.4) is 0 Å². The first-order chi connectivity index (χ1) is 13.4. The zero-order valence-corrected chi connectivity index (χ0v) is 16.0. The van der Waals surface area contributed by atoms with Gasteiger partial charge in [-0.1, -0.05) is 24.3 Å². The van der Waals surface area contributed by atoms with Crippen molar-refractivity contribution in [2.24, 2.45) is 5.73 Å². The highest BCUT2D eigenvalue weighted by molar-refractivity contribution is 5.94. The number of carboxylic acids is 1. The summed E-state index contributed by atoms with van der Waals surface area (Å²) in [6, 6.07) is 15.8. The van der Waals surface area contributed by atoms with Crippen molar-refractivity contribution in [3.8, 4) is 5.75 Å². The Morgan fingerprint density at radius 2 is 1.64 bits per heavy atom. The maximum absolute atomic E-state index is 8.89. The van der Waals surface area contributed by atoms with Gasteiger partial charge < -0.3 is 25.1 Å². The Kier molecular flexibility index (Phi) is 8.45. The van der Waals surface area contributed by atoms with Crippen LogP contribution in [0, 0.1) is 5.41 Å². The number of amidine groups is 1. The molecule has 3 N–H and O–H groups in total. The molecule has 0 saturated carbocycles. The van der Waals surface area contributed by atoms with Crippen LogP contribution >= 0.6 is 0 Å². The van der Waals surface area contributed by atoms with E-state index >= 15 is 0 Å². The molecule has 1 aliphatic rings. The number of carbonyl (C=O) groups is 1. The van der Waals surface area contributed by atoms with Crippen molar-refractivity contribution in [3.05, 3.63) is 65.2 Å². The summed E-state index contributed by atoms with van der Waals surface area (Å²) in [5, 5.41) is 16.3. The van der Waals surface area contributed by atoms with E-state index in [1.807, 2.05) is 12.1 Å². The number of nitrogen functional groups attached to an aromatic ring is 1. The van der Waals surface area contributed by atoms with E-state index in [0.717, 1.165) is 51.1 Å². The zero-order valence-electron chi connectivity index (χ0n) is 16.0. The van der Waals surface area contributed by atoms with E-state index in [2.05, 4.69) is 29.2 Å². The van der Waals surface area contributed by atoms with Gasteiger partial charge in [-0.3, -0.25) is 10.3 Å². The molecule has 0 unspecified atom stereocenters. The molecule has 1 fully saturated rings. The summed E-state index contributed by atoms with van der Waals surface area (Å²) in [6.45, 7) is 6.12. The fourth-order valence-electron chi connectivity index (χ4n) is 2.66. The largest absolute Gasteiger partial charge is 0.550 e. The molecule has 1 heterocycles. The third kappa shape index (κ3) is 7.77. The summed E-state index contributed by atoms with van der Waals surface area (Å²) in [5.74, 6) is -0.241. The predicted molar refractivity (Wildman–Crippen MR) is 105 cm³/mol. The smallest absolute Gasteiger partial charge is 0.122 e. The van der Waals surface area contributed by atoms with Gasteiger partial charge >= 0.3 is 0 Å². The quantitative estimate of drug-likeness (QED) is 0.571. The molecular weight excluding hydrogens is 358 g/mol. The van der Waals surface area contributed by atoms with E-state index in [9.17, 15) is 0 Å². The maximum atomic E-state index is 8.89. The number of aliphatic carboxylic acids is 1. The molecule has 0 aromatic heterocycles. The van der Waals surface area contributed by atoms with Crippen LogP contribution in [0.4, 0.5) is 0 Å². The average Bonchev–Trinajstić information content (AvgIpc) is 2.68. The van der Waals surface area contributed by atoms with Gasteiger partial charge in [0.2, 0.25) is 0 Å². The van der Waals surface area contributed by atoms with Crippen LogP contribution in [0.2, 0.25) is 0 Å². The van der Waals surface area contributed by atoms with Gasteiger partial charge in [-0.15, -0.1) is 0 Å². The highest BCUT2D eigenvalue weighted by Crippen LogP contribution is 2.15. The molecule has 0 radical (unpaired) electrons. The van der Waals surface area contributed by atoms with E-state index in [0.29, 0.717) is 12.2 Å². The second kappa shape index (κ2) is 11.1. The molecule has 150 valence electrons. The van der Waals surface area contributed by atoms with Gasteiger partial charge in [0.15, 0.2) is 0 Å². The number of carbonyl (C=O) groups excluding carboxylic acids is 1. The fourth-order valence-corrected chi connectivity index (χ4v) is 2.66. The molecule has 1 saturated heterocycles. The SMILES string of the molecule is CC(=O)[O-].N=C(N)c1ccc(OCc2ccc(CN3CCOCC3)cc2)cc1. The lowest BCUT2D eigenvalue weighted by Crippen LogP contribution is -2.35. The first-order valence-corrected chi connectivity index (χ1v) is 9.07. The van der Waals surface area contributed by atoms with Crippen LogP contribution in [-0.2, 0) is 22.7 Å². The van der Waals surface area contributed by atoms with Crippen LogP contribution < -0.4 is 15.6 Å². The van der Waals surface area contributed by atoms with E-state index in [1.54, 1.807) is 12.1 Å². The Bertz CT molecular complexity index is 750. The van der Waals surface area contributed by atoms with Crippen LogP contribution in [-0.4, -0.2) is 43.0 Å². The molecule has 0 atom stereocenters. The van der Waals surface area contributed by atoms with Crippen LogP contribution in [0.1, 0.15) is 23.6 Å². The highest BCUT2D eigenvalue weighted by Gasteiger charge is 2.10. The summed E-state index contributed by atoms with van der Waals surface area (Å²) in [6.07, 6.45) is 0. The average molecular weight is 384 g/mol. The zero-order chi connectivity index (χ0) is 20.4. The minimum Gasteiger partial charge on any atom is -0.550 e. The van der Waals surface area contributed by atoms with Crippen LogP contribution in [0.15, 0.2) is 48.5 Å². The van der Waals surface area contributed by atoms with E-state index in [-0.39, 0.29) is 5.84 Å². The lowest BCUT2D eigenvalue weighted by molar-refractivity contribution is -0.302. The van der Waals surface area contributed by atoms with Crippen LogP contribution in [0.25, 0.3) is 0 Å². The van der Waals surface area contributed by atoms with E-state index in [4.69, 9.17) is 30.5 Å². The van der Waals surface area contributed by atoms with Crippen molar-refractivity contribution in [3.63, 3.8) is 0 Å². The molecule has 7 nitrogen and oxygen atoms in total. The summed E-state index contributed by atoms with van der Waals surface area (Å²) < 4.78 is 11.2.